The second kappa shape index (κ2) is 5.75. The molecule has 4 atom stereocenters. The summed E-state index contributed by atoms with van der Waals surface area (Å²) in [7, 11) is 0. The number of amides is 1. The van der Waals surface area contributed by atoms with Crippen LogP contribution >= 0.6 is 0 Å². The van der Waals surface area contributed by atoms with Crippen molar-refractivity contribution in [2.24, 2.45) is 17.8 Å². The van der Waals surface area contributed by atoms with Crippen molar-refractivity contribution in [2.75, 3.05) is 13.1 Å². The first-order chi connectivity index (χ1) is 10.5. The van der Waals surface area contributed by atoms with Gasteiger partial charge in [-0.25, -0.2) is 0 Å². The maximum absolute atomic E-state index is 12.7. The van der Waals surface area contributed by atoms with Gasteiger partial charge in [0.2, 0.25) is 5.91 Å². The van der Waals surface area contributed by atoms with Crippen LogP contribution in [0.1, 0.15) is 36.8 Å². The van der Waals surface area contributed by atoms with Crippen LogP contribution < -0.4 is 0 Å². The Hall–Kier alpha value is -1.84. The van der Waals surface area contributed by atoms with Gasteiger partial charge in [-0.05, 0) is 42.7 Å². The van der Waals surface area contributed by atoms with E-state index in [1.54, 1.807) is 0 Å². The van der Waals surface area contributed by atoms with Crippen LogP contribution in [0.3, 0.4) is 0 Å². The van der Waals surface area contributed by atoms with Gasteiger partial charge in [-0.3, -0.25) is 9.59 Å². The molecule has 1 N–H and O–H groups in total. The molecule has 4 nitrogen and oxygen atoms in total. The molecule has 0 spiro atoms. The highest BCUT2D eigenvalue weighted by atomic mass is 16.4. The lowest BCUT2D eigenvalue weighted by Crippen LogP contribution is -2.45. The number of carboxylic acid groups (broad SMARTS) is 1. The van der Waals surface area contributed by atoms with Crippen LogP contribution in [-0.2, 0) is 9.59 Å². The Labute approximate surface area is 131 Å². The van der Waals surface area contributed by atoms with Crippen molar-refractivity contribution < 1.29 is 14.7 Å². The van der Waals surface area contributed by atoms with Gasteiger partial charge >= 0.3 is 5.97 Å². The fraction of sp³-hybridized carbons (Fsp3) is 0.556. The molecule has 0 radical (unpaired) electrons. The summed E-state index contributed by atoms with van der Waals surface area (Å²) in [4.78, 5) is 25.7. The Morgan fingerprint density at radius 2 is 1.95 bits per heavy atom. The van der Waals surface area contributed by atoms with Gasteiger partial charge in [0, 0.05) is 19.0 Å². The molecule has 4 heteroatoms. The highest BCUT2D eigenvalue weighted by molar-refractivity contribution is 5.83. The van der Waals surface area contributed by atoms with E-state index in [0.29, 0.717) is 25.4 Å². The number of hydrogen-bond acceptors (Lipinski definition) is 2. The summed E-state index contributed by atoms with van der Waals surface area (Å²) in [5.74, 6) is -0.357. The predicted molar refractivity (Wildman–Crippen MR) is 83.5 cm³/mol. The number of aliphatic carboxylic acids is 1. The molecule has 1 amide bonds. The first kappa shape index (κ1) is 15.1. The quantitative estimate of drug-likeness (QED) is 0.934. The molecule has 1 saturated carbocycles. The third-order valence-electron chi connectivity index (χ3n) is 5.23. The maximum atomic E-state index is 12.7. The van der Waals surface area contributed by atoms with Crippen LogP contribution in [0.2, 0.25) is 0 Å². The number of likely N-dealkylation sites (tertiary alicyclic amines) is 1. The first-order valence-corrected chi connectivity index (χ1v) is 8.06. The Kier molecular flexibility index (Phi) is 3.94. The SMILES string of the molecule is Cc1ccccc1C1CC1C(=O)N1CCC(C(=O)O)C(C)C1. The second-order valence-corrected chi connectivity index (χ2v) is 6.80. The minimum absolute atomic E-state index is 0.0332. The van der Waals surface area contributed by atoms with Crippen molar-refractivity contribution in [3.05, 3.63) is 35.4 Å². The third kappa shape index (κ3) is 2.74. The van der Waals surface area contributed by atoms with E-state index in [1.165, 1.54) is 11.1 Å². The molecule has 118 valence electrons. The zero-order chi connectivity index (χ0) is 15.9. The monoisotopic (exact) mass is 301 g/mol. The number of rotatable bonds is 3. The van der Waals surface area contributed by atoms with E-state index in [-0.39, 0.29) is 23.7 Å². The van der Waals surface area contributed by atoms with E-state index in [2.05, 4.69) is 19.1 Å². The van der Waals surface area contributed by atoms with Crippen LogP contribution in [0.15, 0.2) is 24.3 Å². The van der Waals surface area contributed by atoms with E-state index in [4.69, 9.17) is 0 Å². The number of nitrogens with zero attached hydrogens (tertiary/aromatic N) is 1. The molecule has 1 aromatic rings. The molecule has 1 aliphatic carbocycles. The molecule has 2 aliphatic rings. The molecule has 3 rings (SSSR count). The van der Waals surface area contributed by atoms with E-state index < -0.39 is 5.97 Å². The summed E-state index contributed by atoms with van der Waals surface area (Å²) in [6, 6.07) is 8.27. The van der Waals surface area contributed by atoms with E-state index >= 15 is 0 Å². The van der Waals surface area contributed by atoms with Crippen LogP contribution in [0.4, 0.5) is 0 Å². The fourth-order valence-electron chi connectivity index (χ4n) is 3.76. The summed E-state index contributed by atoms with van der Waals surface area (Å²) in [5, 5.41) is 9.17. The van der Waals surface area contributed by atoms with Crippen LogP contribution in [0.25, 0.3) is 0 Å². The van der Waals surface area contributed by atoms with Crippen molar-refractivity contribution in [3.63, 3.8) is 0 Å². The molecule has 1 aliphatic heterocycles. The first-order valence-electron chi connectivity index (χ1n) is 8.06. The Bertz CT molecular complexity index is 598. The molecule has 0 aromatic heterocycles. The minimum Gasteiger partial charge on any atom is -0.481 e. The predicted octanol–water partition coefficient (Wildman–Crippen LogP) is 2.67. The zero-order valence-corrected chi connectivity index (χ0v) is 13.2. The van der Waals surface area contributed by atoms with Gasteiger partial charge < -0.3 is 10.0 Å². The molecular weight excluding hydrogens is 278 g/mol. The van der Waals surface area contributed by atoms with Gasteiger partial charge in [0.1, 0.15) is 0 Å². The average Bonchev–Trinajstić information content (AvgIpc) is 3.26. The number of piperidine rings is 1. The Balaban J connectivity index is 1.63. The maximum Gasteiger partial charge on any atom is 0.306 e. The molecule has 1 aromatic carbocycles. The number of hydrogen-bond donors (Lipinski definition) is 1. The van der Waals surface area contributed by atoms with Gasteiger partial charge in [0.15, 0.2) is 0 Å². The molecule has 22 heavy (non-hydrogen) atoms. The average molecular weight is 301 g/mol. The number of carbonyl (C=O) groups is 2. The molecule has 4 unspecified atom stereocenters. The summed E-state index contributed by atoms with van der Waals surface area (Å²) in [6.45, 7) is 5.18. The summed E-state index contributed by atoms with van der Waals surface area (Å²) in [6.07, 6.45) is 1.50. The van der Waals surface area contributed by atoms with Crippen molar-refractivity contribution in [3.8, 4) is 0 Å². The normalized spacial score (nSPS) is 30.9. The number of aryl methyl sites for hydroxylation is 1. The number of carboxylic acids is 1. The molecule has 2 fully saturated rings. The highest BCUT2D eigenvalue weighted by Gasteiger charge is 2.47. The van der Waals surface area contributed by atoms with Crippen LogP contribution in [0.5, 0.6) is 0 Å². The van der Waals surface area contributed by atoms with E-state index in [0.717, 1.165) is 6.42 Å². The fourth-order valence-corrected chi connectivity index (χ4v) is 3.76. The molecule has 0 bridgehead atoms. The summed E-state index contributed by atoms with van der Waals surface area (Å²) < 4.78 is 0. The van der Waals surface area contributed by atoms with Gasteiger partial charge in [-0.1, -0.05) is 31.2 Å². The lowest BCUT2D eigenvalue weighted by atomic mass is 9.87. The van der Waals surface area contributed by atoms with E-state index in [9.17, 15) is 14.7 Å². The zero-order valence-electron chi connectivity index (χ0n) is 13.2. The second-order valence-electron chi connectivity index (χ2n) is 6.80. The minimum atomic E-state index is -0.733. The summed E-state index contributed by atoms with van der Waals surface area (Å²) >= 11 is 0. The van der Waals surface area contributed by atoms with Gasteiger partial charge in [0.25, 0.3) is 0 Å². The summed E-state index contributed by atoms with van der Waals surface area (Å²) in [5.41, 5.74) is 2.54. The molecule has 1 saturated heterocycles. The Morgan fingerprint density at radius 3 is 2.59 bits per heavy atom. The van der Waals surface area contributed by atoms with Crippen molar-refractivity contribution in [1.29, 1.82) is 0 Å². The third-order valence-corrected chi connectivity index (χ3v) is 5.23. The Morgan fingerprint density at radius 1 is 1.23 bits per heavy atom. The van der Waals surface area contributed by atoms with Crippen LogP contribution in [0, 0.1) is 24.7 Å². The number of benzene rings is 1. The van der Waals surface area contributed by atoms with Gasteiger partial charge in [-0.15, -0.1) is 0 Å². The van der Waals surface area contributed by atoms with Crippen molar-refractivity contribution in [2.45, 2.75) is 32.6 Å². The topological polar surface area (TPSA) is 57.6 Å². The number of carbonyl (C=O) groups excluding carboxylic acids is 1. The molecular formula is C18H23NO3. The lowest BCUT2D eigenvalue weighted by Gasteiger charge is -2.35. The lowest BCUT2D eigenvalue weighted by molar-refractivity contribution is -0.148. The van der Waals surface area contributed by atoms with Gasteiger partial charge in [0.05, 0.1) is 5.92 Å². The van der Waals surface area contributed by atoms with E-state index in [1.807, 2.05) is 24.0 Å². The standard InChI is InChI=1S/C18H23NO3/c1-11-5-3-4-6-13(11)15-9-16(15)17(20)19-8-7-14(18(21)22)12(2)10-19/h3-6,12,14-16H,7-10H2,1-2H3,(H,21,22). The van der Waals surface area contributed by atoms with Crippen LogP contribution in [-0.4, -0.2) is 35.0 Å². The van der Waals surface area contributed by atoms with Gasteiger partial charge in [-0.2, -0.15) is 0 Å². The molecule has 1 heterocycles. The van der Waals surface area contributed by atoms with Crippen molar-refractivity contribution in [1.82, 2.24) is 4.90 Å². The van der Waals surface area contributed by atoms with Crippen molar-refractivity contribution >= 4 is 11.9 Å². The smallest absolute Gasteiger partial charge is 0.306 e. The highest BCUT2D eigenvalue weighted by Crippen LogP contribution is 2.49. The largest absolute Gasteiger partial charge is 0.481 e.